The maximum absolute atomic E-state index is 12.5. The Morgan fingerprint density at radius 3 is 2.57 bits per heavy atom. The summed E-state index contributed by atoms with van der Waals surface area (Å²) >= 11 is 0. The van der Waals surface area contributed by atoms with Gasteiger partial charge in [0.25, 0.3) is 5.91 Å². The molecule has 1 atom stereocenters. The maximum Gasteiger partial charge on any atom is 0.255 e. The Bertz CT molecular complexity index is 824. The van der Waals surface area contributed by atoms with E-state index in [2.05, 4.69) is 15.4 Å². The van der Waals surface area contributed by atoms with Gasteiger partial charge in [0, 0.05) is 44.7 Å². The molecule has 0 radical (unpaired) electrons. The molecular weight excluding hydrogens is 356 g/mol. The first kappa shape index (κ1) is 20.1. The summed E-state index contributed by atoms with van der Waals surface area (Å²) in [6, 6.07) is 7.94. The number of likely N-dealkylation sites (tertiary alicyclic amines) is 1. The lowest BCUT2D eigenvalue weighted by atomic mass is 10.1. The van der Waals surface area contributed by atoms with Crippen LogP contribution in [0, 0.1) is 13.8 Å². The quantitative estimate of drug-likeness (QED) is 0.828. The van der Waals surface area contributed by atoms with Gasteiger partial charge in [0.15, 0.2) is 5.76 Å². The van der Waals surface area contributed by atoms with Crippen molar-refractivity contribution in [3.8, 4) is 0 Å². The van der Waals surface area contributed by atoms with Crippen molar-refractivity contribution in [2.24, 2.45) is 0 Å². The smallest absolute Gasteiger partial charge is 0.255 e. The summed E-state index contributed by atoms with van der Waals surface area (Å²) in [7, 11) is 0. The van der Waals surface area contributed by atoms with Crippen LogP contribution in [0.3, 0.4) is 0 Å². The Balaban J connectivity index is 1.58. The molecule has 0 aliphatic carbocycles. The van der Waals surface area contributed by atoms with E-state index in [9.17, 15) is 9.59 Å². The van der Waals surface area contributed by atoms with Crippen molar-refractivity contribution < 1.29 is 14.1 Å². The van der Waals surface area contributed by atoms with Crippen LogP contribution in [0.4, 0.5) is 5.69 Å². The molecule has 3 rings (SSSR count). The summed E-state index contributed by atoms with van der Waals surface area (Å²) in [5.41, 5.74) is 3.04. The lowest BCUT2D eigenvalue weighted by Gasteiger charge is -2.26. The van der Waals surface area contributed by atoms with Gasteiger partial charge < -0.3 is 14.7 Å². The van der Waals surface area contributed by atoms with E-state index in [-0.39, 0.29) is 11.8 Å². The number of nitrogens with one attached hydrogen (secondary N) is 1. The summed E-state index contributed by atoms with van der Waals surface area (Å²) in [5.74, 6) is 0.558. The highest BCUT2D eigenvalue weighted by atomic mass is 16.5. The number of hydrogen-bond acceptors (Lipinski definition) is 5. The van der Waals surface area contributed by atoms with Crippen molar-refractivity contribution in [3.63, 3.8) is 0 Å². The van der Waals surface area contributed by atoms with Gasteiger partial charge in [-0.2, -0.15) is 0 Å². The Labute approximate surface area is 165 Å². The predicted octanol–water partition coefficient (Wildman–Crippen LogP) is 2.99. The van der Waals surface area contributed by atoms with Gasteiger partial charge in [0.05, 0.1) is 0 Å². The van der Waals surface area contributed by atoms with Gasteiger partial charge in [-0.05, 0) is 44.9 Å². The van der Waals surface area contributed by atoms with Gasteiger partial charge in [-0.3, -0.25) is 14.5 Å². The highest BCUT2D eigenvalue weighted by Gasteiger charge is 2.28. The molecule has 0 unspecified atom stereocenters. The molecule has 1 aromatic carbocycles. The number of aryl methyl sites for hydroxylation is 2. The molecular formula is C21H28N4O3. The molecule has 2 heterocycles. The second-order valence-electron chi connectivity index (χ2n) is 7.33. The van der Waals surface area contributed by atoms with Crippen LogP contribution in [-0.2, 0) is 11.3 Å². The van der Waals surface area contributed by atoms with E-state index in [1.54, 1.807) is 20.8 Å². The average Bonchev–Trinajstić information content (AvgIpc) is 3.24. The number of benzene rings is 1. The molecule has 1 saturated heterocycles. The first-order valence-electron chi connectivity index (χ1n) is 9.71. The third kappa shape index (κ3) is 4.42. The van der Waals surface area contributed by atoms with E-state index in [0.29, 0.717) is 28.7 Å². The van der Waals surface area contributed by atoms with Crippen molar-refractivity contribution in [3.05, 3.63) is 46.8 Å². The lowest BCUT2D eigenvalue weighted by molar-refractivity contribution is -0.130. The molecule has 1 fully saturated rings. The van der Waals surface area contributed by atoms with E-state index in [1.165, 1.54) is 0 Å². The van der Waals surface area contributed by atoms with Gasteiger partial charge >= 0.3 is 0 Å². The summed E-state index contributed by atoms with van der Waals surface area (Å²) < 4.78 is 5.08. The van der Waals surface area contributed by atoms with Crippen LogP contribution in [0.2, 0.25) is 0 Å². The Morgan fingerprint density at radius 1 is 1.29 bits per heavy atom. The van der Waals surface area contributed by atoms with E-state index < -0.39 is 0 Å². The second kappa shape index (κ2) is 8.56. The van der Waals surface area contributed by atoms with E-state index in [1.807, 2.05) is 36.1 Å². The molecule has 28 heavy (non-hydrogen) atoms. The Hall–Kier alpha value is -2.67. The molecule has 150 valence electrons. The fourth-order valence-corrected chi connectivity index (χ4v) is 3.82. The minimum Gasteiger partial charge on any atom is -0.359 e. The van der Waals surface area contributed by atoms with Crippen molar-refractivity contribution in [1.82, 2.24) is 15.0 Å². The van der Waals surface area contributed by atoms with Crippen LogP contribution in [0.15, 0.2) is 28.8 Å². The van der Waals surface area contributed by atoms with Crippen LogP contribution in [0.25, 0.3) is 0 Å². The van der Waals surface area contributed by atoms with Crippen LogP contribution in [0.1, 0.15) is 47.6 Å². The first-order valence-corrected chi connectivity index (χ1v) is 9.71. The van der Waals surface area contributed by atoms with E-state index in [4.69, 9.17) is 4.52 Å². The van der Waals surface area contributed by atoms with Gasteiger partial charge in [-0.25, -0.2) is 0 Å². The highest BCUT2D eigenvalue weighted by molar-refractivity contribution is 6.04. The highest BCUT2D eigenvalue weighted by Crippen LogP contribution is 2.21. The van der Waals surface area contributed by atoms with Crippen LogP contribution in [0.5, 0.6) is 0 Å². The van der Waals surface area contributed by atoms with Gasteiger partial charge in [0.1, 0.15) is 11.4 Å². The van der Waals surface area contributed by atoms with Gasteiger partial charge in [0.2, 0.25) is 5.91 Å². The zero-order valence-corrected chi connectivity index (χ0v) is 17.0. The third-order valence-corrected chi connectivity index (χ3v) is 5.33. The number of anilines is 1. The average molecular weight is 384 g/mol. The number of nitrogens with zero attached hydrogens (tertiary/aromatic N) is 3. The molecule has 1 N–H and O–H groups in total. The van der Waals surface area contributed by atoms with Crippen molar-refractivity contribution in [2.75, 3.05) is 25.0 Å². The summed E-state index contributed by atoms with van der Waals surface area (Å²) in [6.07, 6.45) is 1.01. The zero-order valence-electron chi connectivity index (χ0n) is 17.0. The summed E-state index contributed by atoms with van der Waals surface area (Å²) in [5, 5.41) is 6.71. The monoisotopic (exact) mass is 384 g/mol. The SMILES string of the molecule is CCN(C(C)=O)[C@@H]1CCN(Cc2ccc(C(=O)Nc3c(C)noc3C)cc2)C1. The standard InChI is InChI=1S/C21H28N4O3/c1-5-25(16(4)26)19-10-11-24(13-19)12-17-6-8-18(9-7-17)21(27)22-20-14(2)23-28-15(20)3/h6-9,19H,5,10-13H2,1-4H3,(H,22,27)/t19-/m1/s1. The number of aromatic nitrogens is 1. The molecule has 1 aliphatic rings. The molecule has 0 spiro atoms. The first-order chi connectivity index (χ1) is 13.4. The van der Waals surface area contributed by atoms with Crippen LogP contribution < -0.4 is 5.32 Å². The molecule has 2 amide bonds. The number of amides is 2. The minimum atomic E-state index is -0.178. The molecule has 0 bridgehead atoms. The van der Waals surface area contributed by atoms with Gasteiger partial charge in [-0.15, -0.1) is 0 Å². The topological polar surface area (TPSA) is 78.7 Å². The maximum atomic E-state index is 12.5. The lowest BCUT2D eigenvalue weighted by Crippen LogP contribution is -2.40. The second-order valence-corrected chi connectivity index (χ2v) is 7.33. The molecule has 1 aliphatic heterocycles. The Morgan fingerprint density at radius 2 is 2.00 bits per heavy atom. The molecule has 7 heteroatoms. The Kier molecular flexibility index (Phi) is 6.14. The fourth-order valence-electron chi connectivity index (χ4n) is 3.82. The van der Waals surface area contributed by atoms with Gasteiger partial charge in [-0.1, -0.05) is 17.3 Å². The molecule has 1 aromatic heterocycles. The predicted molar refractivity (Wildman–Crippen MR) is 107 cm³/mol. The summed E-state index contributed by atoms with van der Waals surface area (Å²) in [6.45, 7) is 10.7. The zero-order chi connectivity index (χ0) is 20.3. The molecule has 2 aromatic rings. The third-order valence-electron chi connectivity index (χ3n) is 5.33. The number of likely N-dealkylation sites (N-methyl/N-ethyl adjacent to an activating group) is 1. The van der Waals surface area contributed by atoms with Crippen LogP contribution >= 0.6 is 0 Å². The largest absolute Gasteiger partial charge is 0.359 e. The van der Waals surface area contributed by atoms with Crippen molar-refractivity contribution >= 4 is 17.5 Å². The molecule has 7 nitrogen and oxygen atoms in total. The van der Waals surface area contributed by atoms with Crippen molar-refractivity contribution in [2.45, 2.75) is 46.7 Å². The van der Waals surface area contributed by atoms with E-state index in [0.717, 1.165) is 38.2 Å². The fraction of sp³-hybridized carbons (Fsp3) is 0.476. The normalized spacial score (nSPS) is 16.9. The van der Waals surface area contributed by atoms with Crippen molar-refractivity contribution in [1.29, 1.82) is 0 Å². The minimum absolute atomic E-state index is 0.142. The molecule has 0 saturated carbocycles. The number of hydrogen-bond donors (Lipinski definition) is 1. The number of rotatable bonds is 6. The van der Waals surface area contributed by atoms with Crippen LogP contribution in [-0.4, -0.2) is 52.4 Å². The number of carbonyl (C=O) groups is 2. The number of carbonyl (C=O) groups excluding carboxylic acids is 2. The summed E-state index contributed by atoms with van der Waals surface area (Å²) in [4.78, 5) is 28.5. The van der Waals surface area contributed by atoms with E-state index >= 15 is 0 Å².